The van der Waals surface area contributed by atoms with Crippen LogP contribution in [0.5, 0.6) is 0 Å². The number of carbonyl (C=O) groups excluding carboxylic acids is 2. The molecule has 0 unspecified atom stereocenters. The number of hydrogen-bond acceptors (Lipinski definition) is 5. The zero-order chi connectivity index (χ0) is 19.6. The summed E-state index contributed by atoms with van der Waals surface area (Å²) >= 11 is 0. The summed E-state index contributed by atoms with van der Waals surface area (Å²) in [6.45, 7) is 4.20. The predicted octanol–water partition coefficient (Wildman–Crippen LogP) is 2.27. The Labute approximate surface area is 158 Å². The Morgan fingerprint density at radius 1 is 1.26 bits per heavy atom. The van der Waals surface area contributed by atoms with Gasteiger partial charge < -0.3 is 10.1 Å². The van der Waals surface area contributed by atoms with E-state index in [0.717, 1.165) is 25.7 Å². The first kappa shape index (κ1) is 20.6. The maximum absolute atomic E-state index is 12.3. The molecule has 0 aliphatic heterocycles. The van der Waals surface area contributed by atoms with Crippen LogP contribution in [0.3, 0.4) is 0 Å². The molecule has 27 heavy (non-hydrogen) atoms. The smallest absolute Gasteiger partial charge is 0.326 e. The number of unbranched alkanes of at least 4 members (excludes halogenated alkanes) is 1. The Morgan fingerprint density at radius 3 is 2.78 bits per heavy atom. The van der Waals surface area contributed by atoms with E-state index in [1.54, 1.807) is 24.3 Å². The third kappa shape index (κ3) is 6.20. The zero-order valence-electron chi connectivity index (χ0n) is 15.9. The van der Waals surface area contributed by atoms with Gasteiger partial charge in [0, 0.05) is 6.54 Å². The van der Waals surface area contributed by atoms with Gasteiger partial charge in [-0.3, -0.25) is 19.0 Å². The minimum atomic E-state index is -0.651. The van der Waals surface area contributed by atoms with Crippen LogP contribution in [0.2, 0.25) is 0 Å². The number of esters is 1. The van der Waals surface area contributed by atoms with Gasteiger partial charge in [0.1, 0.15) is 6.54 Å². The molecule has 0 fully saturated rings. The largest absolute Gasteiger partial charge is 0.454 e. The topological polar surface area (TPSA) is 90.3 Å². The van der Waals surface area contributed by atoms with E-state index in [9.17, 15) is 14.4 Å². The molecular formula is C20H27N3O4. The number of benzene rings is 1. The standard InChI is InChI=1S/C20H27N3O4/c1-3-5-8-15(4-2)11-21-18(24)13-27-19(25)12-23-14-22-17-10-7-6-9-16(17)20(23)26/h6-7,9-10,14-15H,3-5,8,11-13H2,1-2H3,(H,21,24)/t15-/m1/s1. The Balaban J connectivity index is 1.81. The minimum absolute atomic E-state index is 0.280. The van der Waals surface area contributed by atoms with Crippen LogP contribution in [0.4, 0.5) is 0 Å². The van der Waals surface area contributed by atoms with Crippen LogP contribution in [0.1, 0.15) is 39.5 Å². The van der Waals surface area contributed by atoms with Gasteiger partial charge in [0.05, 0.1) is 17.2 Å². The summed E-state index contributed by atoms with van der Waals surface area (Å²) in [5.74, 6) is -0.545. The maximum atomic E-state index is 12.3. The van der Waals surface area contributed by atoms with E-state index in [0.29, 0.717) is 23.4 Å². The molecule has 0 saturated carbocycles. The van der Waals surface area contributed by atoms with E-state index in [-0.39, 0.29) is 24.6 Å². The van der Waals surface area contributed by atoms with Crippen molar-refractivity contribution in [1.29, 1.82) is 0 Å². The highest BCUT2D eigenvalue weighted by molar-refractivity contribution is 5.81. The number of carbonyl (C=O) groups is 2. The molecule has 1 heterocycles. The summed E-state index contributed by atoms with van der Waals surface area (Å²) in [4.78, 5) is 40.3. The van der Waals surface area contributed by atoms with Crippen molar-refractivity contribution in [1.82, 2.24) is 14.9 Å². The van der Waals surface area contributed by atoms with Crippen molar-refractivity contribution in [3.05, 3.63) is 40.9 Å². The highest BCUT2D eigenvalue weighted by Gasteiger charge is 2.12. The first-order valence-electron chi connectivity index (χ1n) is 9.41. The maximum Gasteiger partial charge on any atom is 0.326 e. The van der Waals surface area contributed by atoms with Crippen molar-refractivity contribution in [3.8, 4) is 0 Å². The highest BCUT2D eigenvalue weighted by Crippen LogP contribution is 2.11. The summed E-state index contributed by atoms with van der Waals surface area (Å²) in [5, 5.41) is 3.23. The molecule has 0 bridgehead atoms. The van der Waals surface area contributed by atoms with E-state index < -0.39 is 5.97 Å². The van der Waals surface area contributed by atoms with Crippen LogP contribution < -0.4 is 10.9 Å². The van der Waals surface area contributed by atoms with Gasteiger partial charge >= 0.3 is 5.97 Å². The van der Waals surface area contributed by atoms with E-state index >= 15 is 0 Å². The molecule has 2 rings (SSSR count). The predicted molar refractivity (Wildman–Crippen MR) is 103 cm³/mol. The fourth-order valence-electron chi connectivity index (χ4n) is 2.80. The van der Waals surface area contributed by atoms with Gasteiger partial charge in [-0.05, 0) is 24.5 Å². The summed E-state index contributed by atoms with van der Waals surface area (Å²) in [6.07, 6.45) is 5.65. The normalized spacial score (nSPS) is 11.9. The number of aromatic nitrogens is 2. The van der Waals surface area contributed by atoms with Crippen molar-refractivity contribution in [3.63, 3.8) is 0 Å². The lowest BCUT2D eigenvalue weighted by molar-refractivity contribution is -0.149. The molecular weight excluding hydrogens is 346 g/mol. The average molecular weight is 373 g/mol. The minimum Gasteiger partial charge on any atom is -0.454 e. The molecule has 0 saturated heterocycles. The first-order chi connectivity index (χ1) is 13.0. The summed E-state index contributed by atoms with van der Waals surface area (Å²) < 4.78 is 6.16. The second-order valence-corrected chi connectivity index (χ2v) is 6.58. The van der Waals surface area contributed by atoms with E-state index in [1.165, 1.54) is 10.9 Å². The van der Waals surface area contributed by atoms with Gasteiger partial charge in [-0.1, -0.05) is 45.2 Å². The molecule has 1 aromatic heterocycles. The number of nitrogens with zero attached hydrogens (tertiary/aromatic N) is 2. The van der Waals surface area contributed by atoms with E-state index in [2.05, 4.69) is 24.1 Å². The third-order valence-electron chi connectivity index (χ3n) is 4.53. The van der Waals surface area contributed by atoms with E-state index in [1.807, 2.05) is 0 Å². The van der Waals surface area contributed by atoms with Crippen molar-refractivity contribution < 1.29 is 14.3 Å². The number of hydrogen-bond donors (Lipinski definition) is 1. The van der Waals surface area contributed by atoms with Crippen LogP contribution in [-0.2, 0) is 20.9 Å². The number of fused-ring (bicyclic) bond motifs is 1. The lowest BCUT2D eigenvalue weighted by Crippen LogP contribution is -2.34. The highest BCUT2D eigenvalue weighted by atomic mass is 16.5. The molecule has 0 spiro atoms. The zero-order valence-corrected chi connectivity index (χ0v) is 15.9. The number of nitrogens with one attached hydrogen (secondary N) is 1. The second kappa shape index (κ2) is 10.4. The molecule has 7 nitrogen and oxygen atoms in total. The average Bonchev–Trinajstić information content (AvgIpc) is 2.69. The molecule has 0 radical (unpaired) electrons. The Hall–Kier alpha value is -2.70. The fourth-order valence-corrected chi connectivity index (χ4v) is 2.80. The van der Waals surface area contributed by atoms with Gasteiger partial charge in [-0.25, -0.2) is 4.98 Å². The molecule has 1 N–H and O–H groups in total. The Bertz CT molecular complexity index is 831. The third-order valence-corrected chi connectivity index (χ3v) is 4.53. The van der Waals surface area contributed by atoms with Crippen molar-refractivity contribution in [2.24, 2.45) is 5.92 Å². The quantitative estimate of drug-likeness (QED) is 0.645. The molecule has 0 aliphatic rings. The molecule has 1 aromatic carbocycles. The summed E-state index contributed by atoms with van der Waals surface area (Å²) in [6, 6.07) is 6.91. The van der Waals surface area contributed by atoms with Gasteiger partial charge in [0.25, 0.3) is 11.5 Å². The van der Waals surface area contributed by atoms with Crippen LogP contribution in [-0.4, -0.2) is 34.6 Å². The molecule has 146 valence electrons. The van der Waals surface area contributed by atoms with Crippen molar-refractivity contribution in [2.75, 3.05) is 13.2 Å². The summed E-state index contributed by atoms with van der Waals surface area (Å²) in [5.41, 5.74) is 0.253. The molecule has 7 heteroatoms. The number of amides is 1. The van der Waals surface area contributed by atoms with Crippen LogP contribution in [0.25, 0.3) is 10.9 Å². The SMILES string of the molecule is CCCC[C@@H](CC)CNC(=O)COC(=O)Cn1cnc2ccccc2c1=O. The molecule has 1 amide bonds. The second-order valence-electron chi connectivity index (χ2n) is 6.58. The monoisotopic (exact) mass is 373 g/mol. The van der Waals surface area contributed by atoms with Crippen LogP contribution in [0, 0.1) is 5.92 Å². The number of ether oxygens (including phenoxy) is 1. The Kier molecular flexibility index (Phi) is 7.98. The molecule has 0 aliphatic carbocycles. The van der Waals surface area contributed by atoms with Crippen LogP contribution in [0.15, 0.2) is 35.4 Å². The molecule has 1 atom stereocenters. The van der Waals surface area contributed by atoms with Gasteiger partial charge in [-0.2, -0.15) is 0 Å². The lowest BCUT2D eigenvalue weighted by Gasteiger charge is -2.15. The van der Waals surface area contributed by atoms with Gasteiger partial charge in [0.15, 0.2) is 6.61 Å². The first-order valence-corrected chi connectivity index (χ1v) is 9.41. The Morgan fingerprint density at radius 2 is 2.04 bits per heavy atom. The number of para-hydroxylation sites is 1. The van der Waals surface area contributed by atoms with Crippen LogP contribution >= 0.6 is 0 Å². The summed E-state index contributed by atoms with van der Waals surface area (Å²) in [7, 11) is 0. The number of rotatable bonds is 10. The van der Waals surface area contributed by atoms with Crippen molar-refractivity contribution in [2.45, 2.75) is 46.1 Å². The lowest BCUT2D eigenvalue weighted by atomic mass is 9.99. The van der Waals surface area contributed by atoms with Crippen molar-refractivity contribution >= 4 is 22.8 Å². The van der Waals surface area contributed by atoms with Gasteiger partial charge in [0.2, 0.25) is 0 Å². The molecule has 2 aromatic rings. The van der Waals surface area contributed by atoms with Gasteiger partial charge in [-0.15, -0.1) is 0 Å². The fraction of sp³-hybridized carbons (Fsp3) is 0.500. The van der Waals surface area contributed by atoms with E-state index in [4.69, 9.17) is 4.74 Å².